The maximum atomic E-state index is 10.4. The van der Waals surface area contributed by atoms with Crippen LogP contribution in [0.3, 0.4) is 0 Å². The van der Waals surface area contributed by atoms with Gasteiger partial charge in [0.15, 0.2) is 0 Å². The molecule has 0 aromatic carbocycles. The van der Waals surface area contributed by atoms with Crippen LogP contribution in [0.2, 0.25) is 0 Å². The van der Waals surface area contributed by atoms with E-state index in [0.717, 1.165) is 6.08 Å². The SMILES string of the molecule is CC(O)C(O)(C=CC(=O)O)C(CO)OCCO. The van der Waals surface area contributed by atoms with Crippen LogP contribution in [0.1, 0.15) is 6.92 Å². The van der Waals surface area contributed by atoms with E-state index < -0.39 is 30.4 Å². The third-order valence-electron chi connectivity index (χ3n) is 2.25. The lowest BCUT2D eigenvalue weighted by molar-refractivity contribution is -0.150. The lowest BCUT2D eigenvalue weighted by Gasteiger charge is -2.34. The van der Waals surface area contributed by atoms with Gasteiger partial charge in [-0.3, -0.25) is 0 Å². The fourth-order valence-electron chi connectivity index (χ4n) is 1.25. The van der Waals surface area contributed by atoms with Gasteiger partial charge in [-0.05, 0) is 13.0 Å². The van der Waals surface area contributed by atoms with Gasteiger partial charge in [-0.2, -0.15) is 0 Å². The molecule has 0 radical (unpaired) electrons. The molecule has 17 heavy (non-hydrogen) atoms. The van der Waals surface area contributed by atoms with E-state index in [9.17, 15) is 15.0 Å². The first kappa shape index (κ1) is 16.0. The first-order valence-corrected chi connectivity index (χ1v) is 5.04. The molecule has 0 fully saturated rings. The summed E-state index contributed by atoms with van der Waals surface area (Å²) in [6.45, 7) is 0.124. The van der Waals surface area contributed by atoms with Gasteiger partial charge in [0.1, 0.15) is 11.7 Å². The number of aliphatic carboxylic acids is 1. The van der Waals surface area contributed by atoms with Crippen molar-refractivity contribution in [2.45, 2.75) is 24.7 Å². The van der Waals surface area contributed by atoms with Crippen LogP contribution >= 0.6 is 0 Å². The molecule has 0 aliphatic heterocycles. The first-order chi connectivity index (χ1) is 7.88. The van der Waals surface area contributed by atoms with Crippen LogP contribution in [0.4, 0.5) is 0 Å². The molecule has 0 aliphatic carbocycles. The molecule has 0 amide bonds. The van der Waals surface area contributed by atoms with Crippen LogP contribution < -0.4 is 0 Å². The van der Waals surface area contributed by atoms with Crippen molar-refractivity contribution in [2.24, 2.45) is 0 Å². The molecule has 7 heteroatoms. The number of carbonyl (C=O) groups is 1. The van der Waals surface area contributed by atoms with Crippen molar-refractivity contribution < 1.29 is 35.1 Å². The van der Waals surface area contributed by atoms with Crippen LogP contribution in [0.15, 0.2) is 12.2 Å². The van der Waals surface area contributed by atoms with Crippen LogP contribution in [0.5, 0.6) is 0 Å². The molecule has 0 aromatic rings. The second kappa shape index (κ2) is 7.36. The first-order valence-electron chi connectivity index (χ1n) is 5.04. The standard InChI is InChI=1S/C10H18O7/c1-7(13)10(16,3-2-9(14)15)8(6-12)17-5-4-11/h2-3,7-8,11-13,16H,4-6H2,1H3,(H,14,15). The van der Waals surface area contributed by atoms with Crippen molar-refractivity contribution in [3.05, 3.63) is 12.2 Å². The van der Waals surface area contributed by atoms with Gasteiger partial charge in [0.25, 0.3) is 0 Å². The van der Waals surface area contributed by atoms with Gasteiger partial charge in [-0.15, -0.1) is 0 Å². The highest BCUT2D eigenvalue weighted by Gasteiger charge is 2.39. The fraction of sp³-hybridized carbons (Fsp3) is 0.700. The number of aliphatic hydroxyl groups is 4. The highest BCUT2D eigenvalue weighted by Crippen LogP contribution is 2.20. The van der Waals surface area contributed by atoms with E-state index in [4.69, 9.17) is 20.1 Å². The van der Waals surface area contributed by atoms with Crippen LogP contribution in [0, 0.1) is 0 Å². The van der Waals surface area contributed by atoms with Crippen LogP contribution in [-0.4, -0.2) is 69.1 Å². The average Bonchev–Trinajstić information content (AvgIpc) is 2.27. The lowest BCUT2D eigenvalue weighted by atomic mass is 9.90. The van der Waals surface area contributed by atoms with E-state index >= 15 is 0 Å². The number of hydrogen-bond acceptors (Lipinski definition) is 6. The van der Waals surface area contributed by atoms with Gasteiger partial charge in [0, 0.05) is 6.08 Å². The van der Waals surface area contributed by atoms with Crippen molar-refractivity contribution >= 4 is 5.97 Å². The Labute approximate surface area is 98.6 Å². The van der Waals surface area contributed by atoms with Crippen molar-refractivity contribution in [3.8, 4) is 0 Å². The minimum absolute atomic E-state index is 0.152. The molecule has 0 saturated heterocycles. The zero-order chi connectivity index (χ0) is 13.5. The summed E-state index contributed by atoms with van der Waals surface area (Å²) < 4.78 is 4.95. The molecular weight excluding hydrogens is 232 g/mol. The quantitative estimate of drug-likeness (QED) is 0.319. The number of ether oxygens (including phenoxy) is 1. The average molecular weight is 250 g/mol. The molecule has 0 spiro atoms. The van der Waals surface area contributed by atoms with Gasteiger partial charge in [0.05, 0.1) is 25.9 Å². The zero-order valence-corrected chi connectivity index (χ0v) is 9.48. The molecule has 0 saturated carbocycles. The molecule has 0 aliphatic rings. The summed E-state index contributed by atoms with van der Waals surface area (Å²) in [5.74, 6) is -1.30. The molecule has 5 N–H and O–H groups in total. The summed E-state index contributed by atoms with van der Waals surface area (Å²) in [6.07, 6.45) is -1.09. The minimum Gasteiger partial charge on any atom is -0.478 e. The predicted molar refractivity (Wildman–Crippen MR) is 57.3 cm³/mol. The topological polar surface area (TPSA) is 127 Å². The van der Waals surface area contributed by atoms with Crippen LogP contribution in [0.25, 0.3) is 0 Å². The third kappa shape index (κ3) is 4.80. The molecule has 0 heterocycles. The summed E-state index contributed by atoms with van der Waals surface area (Å²) in [6, 6.07) is 0. The molecular formula is C10H18O7. The number of aliphatic hydroxyl groups excluding tert-OH is 3. The van der Waals surface area contributed by atoms with E-state index in [-0.39, 0.29) is 13.2 Å². The van der Waals surface area contributed by atoms with E-state index in [2.05, 4.69) is 0 Å². The number of hydrogen-bond donors (Lipinski definition) is 5. The Hall–Kier alpha value is -0.990. The predicted octanol–water partition coefficient (Wildman–Crippen LogP) is -1.89. The van der Waals surface area contributed by atoms with Gasteiger partial charge in [0.2, 0.25) is 0 Å². The van der Waals surface area contributed by atoms with Crippen LogP contribution in [-0.2, 0) is 9.53 Å². The van der Waals surface area contributed by atoms with Crippen molar-refractivity contribution in [2.75, 3.05) is 19.8 Å². The van der Waals surface area contributed by atoms with Gasteiger partial charge < -0.3 is 30.3 Å². The van der Waals surface area contributed by atoms with Crippen molar-refractivity contribution in [1.82, 2.24) is 0 Å². The smallest absolute Gasteiger partial charge is 0.328 e. The molecule has 3 unspecified atom stereocenters. The van der Waals surface area contributed by atoms with Crippen molar-refractivity contribution in [1.29, 1.82) is 0 Å². The summed E-state index contributed by atoms with van der Waals surface area (Å²) in [5.41, 5.74) is -2.04. The second-order valence-electron chi connectivity index (χ2n) is 3.50. The lowest BCUT2D eigenvalue weighted by Crippen LogP contribution is -2.52. The monoisotopic (exact) mass is 250 g/mol. The Balaban J connectivity index is 4.94. The Morgan fingerprint density at radius 1 is 1.47 bits per heavy atom. The molecule has 3 atom stereocenters. The van der Waals surface area contributed by atoms with Crippen molar-refractivity contribution in [3.63, 3.8) is 0 Å². The Kier molecular flexibility index (Phi) is 6.93. The summed E-state index contributed by atoms with van der Waals surface area (Å²) in [7, 11) is 0. The molecule has 0 bridgehead atoms. The number of rotatable bonds is 8. The summed E-state index contributed by atoms with van der Waals surface area (Å²) in [4.78, 5) is 10.4. The third-order valence-corrected chi connectivity index (χ3v) is 2.25. The summed E-state index contributed by atoms with van der Waals surface area (Å²) >= 11 is 0. The molecule has 0 rings (SSSR count). The molecule has 100 valence electrons. The maximum Gasteiger partial charge on any atom is 0.328 e. The highest BCUT2D eigenvalue weighted by molar-refractivity contribution is 5.80. The van der Waals surface area contributed by atoms with Gasteiger partial charge in [-0.1, -0.05) is 0 Å². The number of carboxylic acids is 1. The largest absolute Gasteiger partial charge is 0.478 e. The van der Waals surface area contributed by atoms with E-state index in [0.29, 0.717) is 6.08 Å². The Bertz CT molecular complexity index is 263. The second-order valence-corrected chi connectivity index (χ2v) is 3.50. The minimum atomic E-state index is -2.04. The van der Waals surface area contributed by atoms with E-state index in [1.54, 1.807) is 0 Å². The van der Waals surface area contributed by atoms with Gasteiger partial charge >= 0.3 is 5.97 Å². The van der Waals surface area contributed by atoms with E-state index in [1.165, 1.54) is 6.92 Å². The maximum absolute atomic E-state index is 10.4. The fourth-order valence-corrected chi connectivity index (χ4v) is 1.25. The molecule has 0 aromatic heterocycles. The molecule has 7 nitrogen and oxygen atoms in total. The van der Waals surface area contributed by atoms with E-state index in [1.807, 2.05) is 0 Å². The Morgan fingerprint density at radius 3 is 2.41 bits per heavy atom. The normalized spacial score (nSPS) is 18.9. The number of carboxylic acid groups (broad SMARTS) is 1. The highest BCUT2D eigenvalue weighted by atomic mass is 16.5. The zero-order valence-electron chi connectivity index (χ0n) is 9.48. The Morgan fingerprint density at radius 2 is 2.06 bits per heavy atom. The van der Waals surface area contributed by atoms with Gasteiger partial charge in [-0.25, -0.2) is 4.79 Å². The summed E-state index contributed by atoms with van der Waals surface area (Å²) in [5, 5.41) is 45.6.